The van der Waals surface area contributed by atoms with Gasteiger partial charge in [0.05, 0.1) is 5.69 Å². The Kier molecular flexibility index (Phi) is 3.63. The third-order valence-electron chi connectivity index (χ3n) is 6.00. The first-order valence-electron chi connectivity index (χ1n) is 9.77. The van der Waals surface area contributed by atoms with Crippen molar-refractivity contribution in [1.29, 1.82) is 0 Å². The summed E-state index contributed by atoms with van der Waals surface area (Å²) < 4.78 is 0. The van der Waals surface area contributed by atoms with E-state index in [9.17, 15) is 9.90 Å². The molecule has 3 nitrogen and oxygen atoms in total. The molecule has 5 rings (SSSR count). The number of ketones is 1. The van der Waals surface area contributed by atoms with Crippen LogP contribution in [0, 0.1) is 5.41 Å². The summed E-state index contributed by atoms with van der Waals surface area (Å²) >= 11 is 0. The number of phenols is 1. The van der Waals surface area contributed by atoms with Crippen molar-refractivity contribution in [2.24, 2.45) is 5.41 Å². The van der Waals surface area contributed by atoms with Crippen LogP contribution in [0.1, 0.15) is 43.7 Å². The molecule has 140 valence electrons. The van der Waals surface area contributed by atoms with E-state index in [1.165, 1.54) is 0 Å². The van der Waals surface area contributed by atoms with E-state index in [0.29, 0.717) is 6.42 Å². The number of carbonyl (C=O) groups is 1. The number of carbonyl (C=O) groups excluding carboxylic acids is 1. The molecule has 0 bridgehead atoms. The first-order valence-corrected chi connectivity index (χ1v) is 9.77. The Morgan fingerprint density at radius 2 is 1.68 bits per heavy atom. The van der Waals surface area contributed by atoms with Gasteiger partial charge in [-0.05, 0) is 28.9 Å². The van der Waals surface area contributed by atoms with Crippen LogP contribution >= 0.6 is 0 Å². The fraction of sp³-hybridized carbons (Fsp3) is 0.240. The zero-order chi connectivity index (χ0) is 19.5. The zero-order valence-electron chi connectivity index (χ0n) is 16.1. The fourth-order valence-electron chi connectivity index (χ4n) is 4.81. The topological polar surface area (TPSA) is 49.3 Å². The Morgan fingerprint density at radius 3 is 2.50 bits per heavy atom. The quantitative estimate of drug-likeness (QED) is 0.574. The molecule has 3 heteroatoms. The molecule has 3 aromatic carbocycles. The van der Waals surface area contributed by atoms with Gasteiger partial charge in [0, 0.05) is 34.6 Å². The van der Waals surface area contributed by atoms with E-state index >= 15 is 0 Å². The third kappa shape index (κ3) is 2.54. The lowest BCUT2D eigenvalue weighted by Gasteiger charge is -2.40. The largest absolute Gasteiger partial charge is 0.508 e. The summed E-state index contributed by atoms with van der Waals surface area (Å²) in [6.07, 6.45) is 1.35. The minimum Gasteiger partial charge on any atom is -0.508 e. The van der Waals surface area contributed by atoms with Gasteiger partial charge in [-0.1, -0.05) is 68.4 Å². The number of fused-ring (bicyclic) bond motifs is 3. The number of phenolic OH excluding ortho intramolecular Hbond substituents is 1. The van der Waals surface area contributed by atoms with E-state index in [0.717, 1.165) is 45.3 Å². The molecule has 2 aliphatic rings. The van der Waals surface area contributed by atoms with Crippen LogP contribution in [0.2, 0.25) is 0 Å². The number of Topliss-reactive ketones (excluding diaryl/α,β-unsaturated/α-hetero) is 1. The maximum absolute atomic E-state index is 13.2. The fourth-order valence-corrected chi connectivity index (χ4v) is 4.81. The number of rotatable bonds is 1. The molecule has 0 saturated carbocycles. The average Bonchev–Trinajstić information content (AvgIpc) is 2.66. The number of anilines is 1. The van der Waals surface area contributed by atoms with E-state index in [4.69, 9.17) is 0 Å². The summed E-state index contributed by atoms with van der Waals surface area (Å²) in [6.45, 7) is 4.29. The Hall–Kier alpha value is -3.07. The predicted molar refractivity (Wildman–Crippen MR) is 113 cm³/mol. The summed E-state index contributed by atoms with van der Waals surface area (Å²) in [6, 6.07) is 19.9. The van der Waals surface area contributed by atoms with Crippen LogP contribution in [-0.4, -0.2) is 10.9 Å². The lowest BCUT2D eigenvalue weighted by Crippen LogP contribution is -2.33. The molecule has 0 spiro atoms. The normalized spacial score (nSPS) is 20.5. The first-order chi connectivity index (χ1) is 13.4. The highest BCUT2D eigenvalue weighted by molar-refractivity contribution is 6.05. The molecule has 0 aromatic heterocycles. The van der Waals surface area contributed by atoms with Crippen molar-refractivity contribution >= 4 is 22.2 Å². The molecule has 1 heterocycles. The maximum atomic E-state index is 13.2. The Bertz CT molecular complexity index is 1160. The summed E-state index contributed by atoms with van der Waals surface area (Å²) in [7, 11) is 0. The highest BCUT2D eigenvalue weighted by atomic mass is 16.3. The number of hydrogen-bond donors (Lipinski definition) is 2. The smallest absolute Gasteiger partial charge is 0.162 e. The molecule has 1 aliphatic heterocycles. The second-order valence-electron chi connectivity index (χ2n) is 8.70. The van der Waals surface area contributed by atoms with Crippen molar-refractivity contribution in [3.63, 3.8) is 0 Å². The van der Waals surface area contributed by atoms with Gasteiger partial charge in [-0.15, -0.1) is 0 Å². The van der Waals surface area contributed by atoms with E-state index in [1.54, 1.807) is 6.07 Å². The lowest BCUT2D eigenvalue weighted by atomic mass is 9.68. The molecule has 28 heavy (non-hydrogen) atoms. The summed E-state index contributed by atoms with van der Waals surface area (Å²) in [5, 5.41) is 16.6. The number of nitrogens with one attached hydrogen (secondary N) is 1. The van der Waals surface area contributed by atoms with Crippen LogP contribution in [0.4, 0.5) is 5.69 Å². The minimum atomic E-state index is -0.249. The van der Waals surface area contributed by atoms with Crippen molar-refractivity contribution in [2.75, 3.05) is 5.32 Å². The zero-order valence-corrected chi connectivity index (χ0v) is 16.1. The van der Waals surface area contributed by atoms with Crippen LogP contribution in [-0.2, 0) is 4.79 Å². The van der Waals surface area contributed by atoms with Gasteiger partial charge in [0.15, 0.2) is 5.78 Å². The number of para-hydroxylation sites is 1. The van der Waals surface area contributed by atoms with E-state index < -0.39 is 0 Å². The van der Waals surface area contributed by atoms with Crippen LogP contribution in [0.5, 0.6) is 5.75 Å². The highest BCUT2D eigenvalue weighted by Crippen LogP contribution is 2.51. The number of allylic oxidation sites excluding steroid dienone is 2. The predicted octanol–water partition coefficient (Wildman–Crippen LogP) is 5.75. The van der Waals surface area contributed by atoms with Gasteiger partial charge < -0.3 is 10.4 Å². The Balaban J connectivity index is 1.82. The monoisotopic (exact) mass is 369 g/mol. The van der Waals surface area contributed by atoms with Crippen molar-refractivity contribution in [2.45, 2.75) is 32.6 Å². The van der Waals surface area contributed by atoms with E-state index in [2.05, 4.69) is 43.4 Å². The number of benzene rings is 3. The second kappa shape index (κ2) is 5.96. The highest BCUT2D eigenvalue weighted by Gasteiger charge is 2.41. The summed E-state index contributed by atoms with van der Waals surface area (Å²) in [5.41, 5.74) is 4.62. The molecule has 1 atom stereocenters. The van der Waals surface area contributed by atoms with E-state index in [1.807, 2.05) is 30.3 Å². The minimum absolute atomic E-state index is 0.0751. The van der Waals surface area contributed by atoms with Gasteiger partial charge in [0.1, 0.15) is 5.75 Å². The van der Waals surface area contributed by atoms with Crippen molar-refractivity contribution < 1.29 is 9.90 Å². The van der Waals surface area contributed by atoms with Gasteiger partial charge >= 0.3 is 0 Å². The molecule has 0 saturated heterocycles. The second-order valence-corrected chi connectivity index (χ2v) is 8.70. The molecule has 3 aromatic rings. The van der Waals surface area contributed by atoms with Crippen molar-refractivity contribution in [3.05, 3.63) is 83.1 Å². The van der Waals surface area contributed by atoms with Gasteiger partial charge in [-0.3, -0.25) is 4.79 Å². The van der Waals surface area contributed by atoms with Crippen LogP contribution in [0.15, 0.2) is 71.9 Å². The third-order valence-corrected chi connectivity index (χ3v) is 6.00. The van der Waals surface area contributed by atoms with Gasteiger partial charge in [0.2, 0.25) is 0 Å². The molecule has 1 unspecified atom stereocenters. The van der Waals surface area contributed by atoms with Gasteiger partial charge in [-0.2, -0.15) is 0 Å². The average molecular weight is 369 g/mol. The maximum Gasteiger partial charge on any atom is 0.162 e. The summed E-state index contributed by atoms with van der Waals surface area (Å²) in [4.78, 5) is 13.2. The standard InChI is InChI=1S/C25H23NO2/c1-25(2)13-19-23(21(28)14-25)22(17-9-5-6-10-20(17)27)18-12-11-15-7-3-4-8-16(15)24(18)26-19/h3-12,22,26-27H,13-14H2,1-2H3. The molecular weight excluding hydrogens is 346 g/mol. The molecule has 1 aliphatic carbocycles. The molecular formula is C25H23NO2. The summed E-state index contributed by atoms with van der Waals surface area (Å²) in [5.74, 6) is 0.157. The van der Waals surface area contributed by atoms with Crippen molar-refractivity contribution in [1.82, 2.24) is 0 Å². The SMILES string of the molecule is CC1(C)CC(=O)C2=C(C1)Nc1c(ccc3ccccc13)C2c1ccccc1O. The molecule has 0 amide bonds. The molecule has 0 radical (unpaired) electrons. The number of aromatic hydroxyl groups is 1. The van der Waals surface area contributed by atoms with Gasteiger partial charge in [-0.25, -0.2) is 0 Å². The Labute approximate surface area is 164 Å². The van der Waals surface area contributed by atoms with Gasteiger partial charge in [0.25, 0.3) is 0 Å². The molecule has 0 fully saturated rings. The number of hydrogen-bond acceptors (Lipinski definition) is 3. The van der Waals surface area contributed by atoms with Crippen LogP contribution in [0.25, 0.3) is 10.8 Å². The first kappa shape index (κ1) is 17.1. The van der Waals surface area contributed by atoms with Crippen LogP contribution < -0.4 is 5.32 Å². The molecule has 2 N–H and O–H groups in total. The van der Waals surface area contributed by atoms with Crippen molar-refractivity contribution in [3.8, 4) is 5.75 Å². The Morgan fingerprint density at radius 1 is 0.929 bits per heavy atom. The van der Waals surface area contributed by atoms with E-state index in [-0.39, 0.29) is 22.9 Å². The lowest BCUT2D eigenvalue weighted by molar-refractivity contribution is -0.118. The van der Waals surface area contributed by atoms with Crippen LogP contribution in [0.3, 0.4) is 0 Å².